The van der Waals surface area contributed by atoms with Gasteiger partial charge in [0, 0.05) is 18.2 Å². The van der Waals surface area contributed by atoms with Gasteiger partial charge in [-0.3, -0.25) is 20.2 Å². The third-order valence-electron chi connectivity index (χ3n) is 5.11. The smallest absolute Gasteiger partial charge is 0.258 e. The molecule has 3 aromatic carbocycles. The first-order chi connectivity index (χ1) is 16.4. The summed E-state index contributed by atoms with van der Waals surface area (Å²) in [4.78, 5) is 19.0. The number of non-ortho nitro benzene ring substituents is 1. The van der Waals surface area contributed by atoms with Crippen LogP contribution in [0.2, 0.25) is 0 Å². The van der Waals surface area contributed by atoms with Crippen LogP contribution in [0.5, 0.6) is 0 Å². The molecule has 0 bridgehead atoms. The lowest BCUT2D eigenvalue weighted by Gasteiger charge is -2.29. The van der Waals surface area contributed by atoms with E-state index in [1.807, 2.05) is 0 Å². The van der Waals surface area contributed by atoms with E-state index in [1.54, 1.807) is 6.07 Å². The fourth-order valence-electron chi connectivity index (χ4n) is 3.44. The van der Waals surface area contributed by atoms with Gasteiger partial charge < -0.3 is 0 Å². The Hall–Kier alpha value is -3.75. The number of benzene rings is 3. The quantitative estimate of drug-likeness (QED) is 0.302. The van der Waals surface area contributed by atoms with E-state index in [4.69, 9.17) is 0 Å². The fraction of sp³-hybridized carbons (Fsp3) is 0.143. The maximum absolute atomic E-state index is 14.5. The zero-order chi connectivity index (χ0) is 26.0. The number of nitrogens with zero attached hydrogens (tertiary/aromatic N) is 3. The van der Waals surface area contributed by atoms with Gasteiger partial charge in [-0.2, -0.15) is 0 Å². The monoisotopic (exact) mass is 523 g/mol. The van der Waals surface area contributed by atoms with E-state index in [1.165, 1.54) is 31.2 Å². The van der Waals surface area contributed by atoms with Gasteiger partial charge in [0.15, 0.2) is 4.90 Å². The molecule has 0 aliphatic heterocycles. The topological polar surface area (TPSA) is 158 Å². The first kappa shape index (κ1) is 25.9. The number of halogens is 1. The molecule has 0 aromatic heterocycles. The zero-order valence-corrected chi connectivity index (χ0v) is 19.6. The summed E-state index contributed by atoms with van der Waals surface area (Å²) in [5.41, 5.74) is -0.976. The summed E-state index contributed by atoms with van der Waals surface area (Å²) >= 11 is 0. The summed E-state index contributed by atoms with van der Waals surface area (Å²) in [5.74, 6) is 0. The molecule has 3 aromatic rings. The fourth-order valence-corrected chi connectivity index (χ4v) is 7.53. The summed E-state index contributed by atoms with van der Waals surface area (Å²) < 4.78 is 69.1. The standard InChI is InChI=1S/C21H18FN3O8S2/c1-15-6-2-3-7-18(15)20(14-22)25(34(30,31)17-12-10-16(11-13-17)23(26)27)35(32,33)21-9-5-4-8-19(21)24(28)29/h2-13,20H,14H2,1H3. The van der Waals surface area contributed by atoms with Gasteiger partial charge in [-0.05, 0) is 36.2 Å². The van der Waals surface area contributed by atoms with Crippen molar-refractivity contribution < 1.29 is 31.1 Å². The van der Waals surface area contributed by atoms with Crippen LogP contribution in [-0.4, -0.2) is 37.1 Å². The van der Waals surface area contributed by atoms with Crippen molar-refractivity contribution in [3.05, 3.63) is 104 Å². The number of hydrogen-bond acceptors (Lipinski definition) is 8. The molecule has 0 saturated heterocycles. The number of sulfonamides is 2. The number of para-hydroxylation sites is 1. The summed E-state index contributed by atoms with van der Waals surface area (Å²) in [6, 6.07) is 11.4. The van der Waals surface area contributed by atoms with Crippen LogP contribution >= 0.6 is 0 Å². The number of aryl methyl sites for hydroxylation is 1. The molecule has 0 radical (unpaired) electrons. The molecule has 0 spiro atoms. The summed E-state index contributed by atoms with van der Waals surface area (Å²) in [6.45, 7) is 0.0309. The largest absolute Gasteiger partial charge is 0.289 e. The normalized spacial score (nSPS) is 12.9. The summed E-state index contributed by atoms with van der Waals surface area (Å²) in [7, 11) is -10.4. The average Bonchev–Trinajstić information content (AvgIpc) is 2.82. The Kier molecular flexibility index (Phi) is 7.28. The predicted octanol–water partition coefficient (Wildman–Crippen LogP) is 3.90. The van der Waals surface area contributed by atoms with Gasteiger partial charge in [0.05, 0.1) is 20.8 Å². The minimum absolute atomic E-state index is 0.0163. The minimum Gasteiger partial charge on any atom is -0.258 e. The molecule has 0 heterocycles. The van der Waals surface area contributed by atoms with Crippen LogP contribution in [-0.2, 0) is 20.0 Å². The summed E-state index contributed by atoms with van der Waals surface area (Å²) in [5, 5.41) is 22.5. The van der Waals surface area contributed by atoms with E-state index in [2.05, 4.69) is 0 Å². The van der Waals surface area contributed by atoms with E-state index in [-0.39, 0.29) is 9.27 Å². The molecule has 14 heteroatoms. The third-order valence-corrected chi connectivity index (χ3v) is 9.51. The molecule has 11 nitrogen and oxygen atoms in total. The van der Waals surface area contributed by atoms with Crippen LogP contribution in [0.1, 0.15) is 17.2 Å². The number of nitro groups is 2. The number of rotatable bonds is 9. The third kappa shape index (κ3) is 4.89. The molecule has 1 atom stereocenters. The van der Waals surface area contributed by atoms with Gasteiger partial charge >= 0.3 is 0 Å². The molecule has 0 aliphatic carbocycles. The van der Waals surface area contributed by atoms with Gasteiger partial charge in [0.25, 0.3) is 31.4 Å². The van der Waals surface area contributed by atoms with Crippen molar-refractivity contribution >= 4 is 31.4 Å². The number of hydrogen-bond donors (Lipinski definition) is 0. The highest BCUT2D eigenvalue weighted by Gasteiger charge is 2.45. The molecule has 0 aliphatic rings. The van der Waals surface area contributed by atoms with Crippen LogP contribution in [0.15, 0.2) is 82.6 Å². The molecule has 3 rings (SSSR count). The van der Waals surface area contributed by atoms with E-state index in [0.29, 0.717) is 5.56 Å². The Labute approximate surface area is 199 Å². The molecule has 1 unspecified atom stereocenters. The minimum atomic E-state index is -5.26. The Balaban J connectivity index is 2.34. The molecule has 0 saturated carbocycles. The van der Waals surface area contributed by atoms with Crippen LogP contribution in [0, 0.1) is 27.2 Å². The van der Waals surface area contributed by atoms with Crippen LogP contribution in [0.25, 0.3) is 0 Å². The van der Waals surface area contributed by atoms with Gasteiger partial charge in [0.1, 0.15) is 6.67 Å². The number of nitro benzene ring substituents is 2. The lowest BCUT2D eigenvalue weighted by molar-refractivity contribution is -0.387. The van der Waals surface area contributed by atoms with Gasteiger partial charge in [-0.15, -0.1) is 0 Å². The average molecular weight is 524 g/mol. The summed E-state index contributed by atoms with van der Waals surface area (Å²) in [6.07, 6.45) is 0. The predicted molar refractivity (Wildman–Crippen MR) is 122 cm³/mol. The van der Waals surface area contributed by atoms with Gasteiger partial charge in [-0.25, -0.2) is 21.2 Å². The van der Waals surface area contributed by atoms with Gasteiger partial charge in [0.2, 0.25) is 0 Å². The maximum Gasteiger partial charge on any atom is 0.289 e. The highest BCUT2D eigenvalue weighted by atomic mass is 32.3. The zero-order valence-electron chi connectivity index (χ0n) is 18.0. The molecule has 35 heavy (non-hydrogen) atoms. The van der Waals surface area contributed by atoms with Crippen LogP contribution in [0.3, 0.4) is 0 Å². The second kappa shape index (κ2) is 9.85. The van der Waals surface area contributed by atoms with E-state index in [0.717, 1.165) is 42.5 Å². The van der Waals surface area contributed by atoms with Crippen molar-refractivity contribution in [2.24, 2.45) is 0 Å². The molecule has 0 N–H and O–H groups in total. The molecular weight excluding hydrogens is 505 g/mol. The molecule has 0 amide bonds. The lowest BCUT2D eigenvalue weighted by Crippen LogP contribution is -2.41. The van der Waals surface area contributed by atoms with E-state index < -0.39 is 63.8 Å². The highest BCUT2D eigenvalue weighted by molar-refractivity contribution is 8.04. The Morgan fingerprint density at radius 2 is 1.40 bits per heavy atom. The van der Waals surface area contributed by atoms with Crippen molar-refractivity contribution in [3.63, 3.8) is 0 Å². The number of alkyl halides is 1. The Morgan fingerprint density at radius 3 is 1.94 bits per heavy atom. The first-order valence-electron chi connectivity index (χ1n) is 9.82. The van der Waals surface area contributed by atoms with Crippen molar-refractivity contribution in [3.8, 4) is 0 Å². The van der Waals surface area contributed by atoms with Crippen LogP contribution in [0.4, 0.5) is 15.8 Å². The van der Waals surface area contributed by atoms with Crippen molar-refractivity contribution in [1.29, 1.82) is 0 Å². The molecule has 0 fully saturated rings. The van der Waals surface area contributed by atoms with E-state index >= 15 is 0 Å². The van der Waals surface area contributed by atoms with E-state index in [9.17, 15) is 41.5 Å². The van der Waals surface area contributed by atoms with Crippen LogP contribution < -0.4 is 0 Å². The Bertz CT molecular complexity index is 1490. The van der Waals surface area contributed by atoms with Crippen molar-refractivity contribution in [2.75, 3.05) is 6.67 Å². The Morgan fingerprint density at radius 1 is 0.829 bits per heavy atom. The second-order valence-electron chi connectivity index (χ2n) is 7.24. The SMILES string of the molecule is Cc1ccccc1C(CF)N(S(=O)(=O)c1ccc([N+](=O)[O-])cc1)S(=O)(=O)c1ccccc1[N+](=O)[O-]. The molecule has 184 valence electrons. The van der Waals surface area contributed by atoms with Gasteiger partial charge in [-0.1, -0.05) is 40.1 Å². The second-order valence-corrected chi connectivity index (χ2v) is 11.1. The highest BCUT2D eigenvalue weighted by Crippen LogP contribution is 2.38. The van der Waals surface area contributed by atoms with Crippen molar-refractivity contribution in [2.45, 2.75) is 22.8 Å². The maximum atomic E-state index is 14.5. The van der Waals surface area contributed by atoms with Crippen molar-refractivity contribution in [1.82, 2.24) is 3.71 Å². The lowest BCUT2D eigenvalue weighted by atomic mass is 10.0. The first-order valence-corrected chi connectivity index (χ1v) is 12.7. The molecular formula is C21H18FN3O8S2.